The Bertz CT molecular complexity index is 214. The molecule has 0 radical (unpaired) electrons. The Kier molecular flexibility index (Phi) is 3.22. The smallest absolute Gasteiger partial charge is 0.138 e. The number of Topliss-reactive ketones (excluding diaryl/α,β-unsaturated/α-hetero) is 1. The zero-order valence-corrected chi connectivity index (χ0v) is 9.17. The van der Waals surface area contributed by atoms with Crippen LogP contribution in [0.15, 0.2) is 0 Å². The Morgan fingerprint density at radius 3 is 3.07 bits per heavy atom. The number of piperidine rings is 2. The minimum Gasteiger partial charge on any atom is -0.299 e. The lowest BCUT2D eigenvalue weighted by atomic mass is 9.84. The lowest BCUT2D eigenvalue weighted by Gasteiger charge is -2.41. The van der Waals surface area contributed by atoms with Gasteiger partial charge in [-0.3, -0.25) is 9.69 Å². The summed E-state index contributed by atoms with van der Waals surface area (Å²) in [5.41, 5.74) is 0. The average Bonchev–Trinajstić information content (AvgIpc) is 2.19. The highest BCUT2D eigenvalue weighted by Crippen LogP contribution is 2.28. The third-order valence-electron chi connectivity index (χ3n) is 3.73. The fraction of sp³-hybridized carbons (Fsp3) is 0.917. The summed E-state index contributed by atoms with van der Waals surface area (Å²) < 4.78 is 0. The molecule has 2 nitrogen and oxygen atoms in total. The number of fused-ring (bicyclic) bond motifs is 1. The summed E-state index contributed by atoms with van der Waals surface area (Å²) in [6.07, 6.45) is 7.00. The summed E-state index contributed by atoms with van der Waals surface area (Å²) in [6, 6.07) is 0.601. The molecule has 0 amide bonds. The van der Waals surface area contributed by atoms with E-state index in [4.69, 9.17) is 0 Å². The summed E-state index contributed by atoms with van der Waals surface area (Å²) >= 11 is 0. The van der Waals surface area contributed by atoms with Crippen LogP contribution in [-0.4, -0.2) is 29.8 Å². The molecule has 0 aromatic rings. The van der Waals surface area contributed by atoms with Crippen molar-refractivity contribution in [3.8, 4) is 0 Å². The second kappa shape index (κ2) is 4.43. The maximum absolute atomic E-state index is 11.8. The van der Waals surface area contributed by atoms with Crippen molar-refractivity contribution in [2.45, 2.75) is 51.5 Å². The molecule has 2 aliphatic rings. The number of rotatable bonds is 2. The summed E-state index contributed by atoms with van der Waals surface area (Å²) in [5, 5.41) is 0. The largest absolute Gasteiger partial charge is 0.299 e. The van der Waals surface area contributed by atoms with E-state index in [0.717, 1.165) is 25.8 Å². The molecular weight excluding hydrogens is 174 g/mol. The summed E-state index contributed by atoms with van der Waals surface area (Å²) in [7, 11) is 0. The van der Waals surface area contributed by atoms with Gasteiger partial charge in [-0.25, -0.2) is 0 Å². The van der Waals surface area contributed by atoms with Gasteiger partial charge in [0.05, 0.1) is 0 Å². The molecule has 0 spiro atoms. The minimum absolute atomic E-state index is 0.356. The van der Waals surface area contributed by atoms with Crippen LogP contribution in [0.5, 0.6) is 0 Å². The first-order valence-corrected chi connectivity index (χ1v) is 6.08. The van der Waals surface area contributed by atoms with E-state index in [1.807, 2.05) is 0 Å². The van der Waals surface area contributed by atoms with E-state index < -0.39 is 0 Å². The molecule has 2 aliphatic heterocycles. The van der Waals surface area contributed by atoms with Crippen LogP contribution in [0, 0.1) is 5.92 Å². The molecule has 2 fully saturated rings. The molecule has 14 heavy (non-hydrogen) atoms. The van der Waals surface area contributed by atoms with Crippen molar-refractivity contribution in [1.82, 2.24) is 4.90 Å². The predicted molar refractivity (Wildman–Crippen MR) is 57.2 cm³/mol. The first-order valence-electron chi connectivity index (χ1n) is 6.08. The van der Waals surface area contributed by atoms with Gasteiger partial charge in [-0.2, -0.15) is 0 Å². The highest BCUT2D eigenvalue weighted by Gasteiger charge is 2.34. The van der Waals surface area contributed by atoms with Crippen LogP contribution >= 0.6 is 0 Å². The van der Waals surface area contributed by atoms with E-state index in [9.17, 15) is 4.79 Å². The molecule has 2 unspecified atom stereocenters. The van der Waals surface area contributed by atoms with Gasteiger partial charge in [0.25, 0.3) is 0 Å². The molecule has 2 rings (SSSR count). The Balaban J connectivity index is 1.96. The van der Waals surface area contributed by atoms with Crippen LogP contribution in [0.2, 0.25) is 0 Å². The van der Waals surface area contributed by atoms with E-state index in [1.54, 1.807) is 0 Å². The van der Waals surface area contributed by atoms with Gasteiger partial charge in [-0.1, -0.05) is 19.8 Å². The topological polar surface area (TPSA) is 20.3 Å². The van der Waals surface area contributed by atoms with Gasteiger partial charge in [0.1, 0.15) is 5.78 Å². The van der Waals surface area contributed by atoms with Crippen molar-refractivity contribution in [2.24, 2.45) is 5.92 Å². The predicted octanol–water partition coefficient (Wildman–Crippen LogP) is 2.23. The van der Waals surface area contributed by atoms with Crippen molar-refractivity contribution in [1.29, 1.82) is 0 Å². The highest BCUT2D eigenvalue weighted by atomic mass is 16.1. The van der Waals surface area contributed by atoms with Crippen molar-refractivity contribution in [2.75, 3.05) is 13.1 Å². The van der Waals surface area contributed by atoms with Gasteiger partial charge in [0.2, 0.25) is 0 Å². The molecule has 0 aliphatic carbocycles. The molecule has 80 valence electrons. The first-order chi connectivity index (χ1) is 6.81. The number of hydrogen-bond donors (Lipinski definition) is 0. The highest BCUT2D eigenvalue weighted by molar-refractivity contribution is 5.82. The standard InChI is InChI=1S/C12H21NO/c1-2-5-10-9-13-7-4-3-6-11(13)8-12(10)14/h10-11H,2-9H2,1H3. The Morgan fingerprint density at radius 2 is 2.29 bits per heavy atom. The van der Waals surface area contributed by atoms with Crippen molar-refractivity contribution >= 4 is 5.78 Å². The molecule has 0 N–H and O–H groups in total. The lowest BCUT2D eigenvalue weighted by Crippen LogP contribution is -2.49. The molecule has 2 atom stereocenters. The fourth-order valence-electron chi connectivity index (χ4n) is 2.92. The normalized spacial score (nSPS) is 34.2. The SMILES string of the molecule is CCCC1CN2CCCCC2CC1=O. The van der Waals surface area contributed by atoms with Crippen molar-refractivity contribution < 1.29 is 4.79 Å². The second-order valence-electron chi connectivity index (χ2n) is 4.80. The van der Waals surface area contributed by atoms with Crippen LogP contribution in [-0.2, 0) is 4.79 Å². The minimum atomic E-state index is 0.356. The third kappa shape index (κ3) is 2.00. The molecule has 2 heteroatoms. The molecule has 0 saturated carbocycles. The summed E-state index contributed by atoms with van der Waals surface area (Å²) in [6.45, 7) is 4.46. The molecule has 0 aromatic carbocycles. The summed E-state index contributed by atoms with van der Waals surface area (Å²) in [4.78, 5) is 14.4. The average molecular weight is 195 g/mol. The van der Waals surface area contributed by atoms with Crippen LogP contribution in [0.25, 0.3) is 0 Å². The van der Waals surface area contributed by atoms with Crippen LogP contribution < -0.4 is 0 Å². The Hall–Kier alpha value is -0.370. The van der Waals surface area contributed by atoms with Crippen LogP contribution in [0.3, 0.4) is 0 Å². The number of ketones is 1. The van der Waals surface area contributed by atoms with E-state index in [2.05, 4.69) is 11.8 Å². The summed E-state index contributed by atoms with van der Waals surface area (Å²) in [5.74, 6) is 0.893. The van der Waals surface area contributed by atoms with Gasteiger partial charge in [-0.05, 0) is 25.8 Å². The first kappa shape index (κ1) is 10.2. The Morgan fingerprint density at radius 1 is 1.43 bits per heavy atom. The van der Waals surface area contributed by atoms with Gasteiger partial charge < -0.3 is 0 Å². The van der Waals surface area contributed by atoms with Gasteiger partial charge in [0, 0.05) is 24.9 Å². The number of hydrogen-bond acceptors (Lipinski definition) is 2. The van der Waals surface area contributed by atoms with E-state index in [-0.39, 0.29) is 0 Å². The maximum Gasteiger partial charge on any atom is 0.138 e. The van der Waals surface area contributed by atoms with Gasteiger partial charge >= 0.3 is 0 Å². The fourth-order valence-corrected chi connectivity index (χ4v) is 2.92. The number of carbonyl (C=O) groups excluding carboxylic acids is 1. The maximum atomic E-state index is 11.8. The molecule has 2 heterocycles. The Labute approximate surface area is 86.7 Å². The lowest BCUT2D eigenvalue weighted by molar-refractivity contribution is -0.129. The third-order valence-corrected chi connectivity index (χ3v) is 3.73. The molecule has 2 saturated heterocycles. The monoisotopic (exact) mass is 195 g/mol. The van der Waals surface area contributed by atoms with Crippen LogP contribution in [0.4, 0.5) is 0 Å². The van der Waals surface area contributed by atoms with Gasteiger partial charge in [0.15, 0.2) is 0 Å². The van der Waals surface area contributed by atoms with Gasteiger partial charge in [-0.15, -0.1) is 0 Å². The quantitative estimate of drug-likeness (QED) is 0.673. The molecule has 0 bridgehead atoms. The van der Waals surface area contributed by atoms with Crippen LogP contribution in [0.1, 0.15) is 45.4 Å². The number of carbonyl (C=O) groups is 1. The second-order valence-corrected chi connectivity index (χ2v) is 4.80. The van der Waals surface area contributed by atoms with E-state index in [0.29, 0.717) is 17.7 Å². The van der Waals surface area contributed by atoms with Crippen molar-refractivity contribution in [3.63, 3.8) is 0 Å². The zero-order chi connectivity index (χ0) is 9.97. The van der Waals surface area contributed by atoms with E-state index in [1.165, 1.54) is 25.8 Å². The zero-order valence-electron chi connectivity index (χ0n) is 9.17. The van der Waals surface area contributed by atoms with E-state index >= 15 is 0 Å². The molecule has 0 aromatic heterocycles. The molecular formula is C12H21NO. The number of nitrogens with zero attached hydrogens (tertiary/aromatic N) is 1. The van der Waals surface area contributed by atoms with Crippen molar-refractivity contribution in [3.05, 3.63) is 0 Å².